The molecule has 0 spiro atoms. The van der Waals surface area contributed by atoms with E-state index in [1.165, 1.54) is 12.1 Å². The van der Waals surface area contributed by atoms with E-state index in [-0.39, 0.29) is 11.5 Å². The second-order valence-electron chi connectivity index (χ2n) is 4.26. The quantitative estimate of drug-likeness (QED) is 0.911. The lowest BCUT2D eigenvalue weighted by atomic mass is 9.87. The van der Waals surface area contributed by atoms with E-state index >= 15 is 0 Å². The summed E-state index contributed by atoms with van der Waals surface area (Å²) < 4.78 is 33.1. The molecule has 1 heterocycles. The van der Waals surface area contributed by atoms with Crippen molar-refractivity contribution in [1.82, 2.24) is 0 Å². The Bertz CT molecular complexity index is 384. The summed E-state index contributed by atoms with van der Waals surface area (Å²) >= 11 is 3.05. The summed E-state index contributed by atoms with van der Waals surface area (Å²) in [5.41, 5.74) is 5.96. The molecule has 1 fully saturated rings. The minimum atomic E-state index is -0.605. The third-order valence-electron chi connectivity index (χ3n) is 3.15. The number of hydrogen-bond donors (Lipinski definition) is 1. The second-order valence-corrected chi connectivity index (χ2v) is 5.17. The van der Waals surface area contributed by atoms with Gasteiger partial charge in [0, 0.05) is 29.3 Å². The average molecular weight is 306 g/mol. The lowest BCUT2D eigenvalue weighted by Crippen LogP contribution is -2.29. The first-order valence-corrected chi connectivity index (χ1v) is 6.36. The zero-order valence-corrected chi connectivity index (χ0v) is 10.8. The molecule has 94 valence electrons. The van der Waals surface area contributed by atoms with Gasteiger partial charge in [0.25, 0.3) is 0 Å². The van der Waals surface area contributed by atoms with Crippen LogP contribution in [0.3, 0.4) is 0 Å². The predicted octanol–water partition coefficient (Wildman–Crippen LogP) is 3.15. The van der Waals surface area contributed by atoms with Gasteiger partial charge in [0.2, 0.25) is 0 Å². The van der Waals surface area contributed by atoms with E-state index in [9.17, 15) is 8.78 Å². The van der Waals surface area contributed by atoms with Crippen molar-refractivity contribution in [1.29, 1.82) is 0 Å². The number of rotatable bonds is 2. The fourth-order valence-corrected chi connectivity index (χ4v) is 2.58. The number of nitrogens with two attached hydrogens (primary N) is 1. The highest BCUT2D eigenvalue weighted by molar-refractivity contribution is 9.10. The summed E-state index contributed by atoms with van der Waals surface area (Å²) in [5, 5.41) is 0. The van der Waals surface area contributed by atoms with E-state index in [0.717, 1.165) is 12.8 Å². The van der Waals surface area contributed by atoms with Crippen LogP contribution in [-0.2, 0) is 4.74 Å². The second kappa shape index (κ2) is 5.42. The van der Waals surface area contributed by atoms with Crippen molar-refractivity contribution < 1.29 is 13.5 Å². The van der Waals surface area contributed by atoms with Crippen LogP contribution < -0.4 is 5.73 Å². The Hall–Kier alpha value is -0.520. The molecular formula is C12H14BrF2NO. The molecule has 2 N–H and O–H groups in total. The molecule has 5 heteroatoms. The minimum absolute atomic E-state index is 0.0138. The van der Waals surface area contributed by atoms with Crippen molar-refractivity contribution in [2.75, 3.05) is 13.2 Å². The topological polar surface area (TPSA) is 35.2 Å². The van der Waals surface area contributed by atoms with E-state index in [2.05, 4.69) is 15.9 Å². The fraction of sp³-hybridized carbons (Fsp3) is 0.500. The van der Waals surface area contributed by atoms with Crippen molar-refractivity contribution in [3.63, 3.8) is 0 Å². The Morgan fingerprint density at radius 1 is 1.24 bits per heavy atom. The van der Waals surface area contributed by atoms with Crippen LogP contribution in [-0.4, -0.2) is 13.2 Å². The van der Waals surface area contributed by atoms with Crippen LogP contribution in [0.2, 0.25) is 0 Å². The molecule has 0 saturated carbocycles. The van der Waals surface area contributed by atoms with Gasteiger partial charge in [0.05, 0.1) is 0 Å². The molecule has 1 saturated heterocycles. The first kappa shape index (κ1) is 12.9. The molecule has 2 rings (SSSR count). The molecule has 2 nitrogen and oxygen atoms in total. The summed E-state index contributed by atoms with van der Waals surface area (Å²) in [6.07, 6.45) is 1.49. The van der Waals surface area contributed by atoms with Gasteiger partial charge in [-0.2, -0.15) is 0 Å². The van der Waals surface area contributed by atoms with Crippen molar-refractivity contribution in [3.8, 4) is 0 Å². The van der Waals surface area contributed by atoms with Gasteiger partial charge in [-0.3, -0.25) is 0 Å². The smallest absolute Gasteiger partial charge is 0.132 e. The Morgan fingerprint density at radius 2 is 1.76 bits per heavy atom. The number of benzene rings is 1. The normalized spacial score (nSPS) is 19.3. The summed E-state index contributed by atoms with van der Waals surface area (Å²) in [4.78, 5) is 0. The van der Waals surface area contributed by atoms with Crippen molar-refractivity contribution in [2.24, 2.45) is 11.7 Å². The van der Waals surface area contributed by atoms with Gasteiger partial charge >= 0.3 is 0 Å². The lowest BCUT2D eigenvalue weighted by Gasteiger charge is -2.28. The van der Waals surface area contributed by atoms with Crippen molar-refractivity contribution >= 4 is 15.9 Å². The third kappa shape index (κ3) is 2.84. The fourth-order valence-electron chi connectivity index (χ4n) is 2.18. The maximum Gasteiger partial charge on any atom is 0.132 e. The molecule has 1 atom stereocenters. The van der Waals surface area contributed by atoms with E-state index in [4.69, 9.17) is 10.5 Å². The zero-order valence-electron chi connectivity index (χ0n) is 9.26. The van der Waals surface area contributed by atoms with Gasteiger partial charge in [0.15, 0.2) is 0 Å². The number of halogens is 3. The molecule has 0 amide bonds. The molecule has 1 aromatic carbocycles. The Kier molecular flexibility index (Phi) is 4.12. The van der Waals surface area contributed by atoms with E-state index in [1.54, 1.807) is 0 Å². The van der Waals surface area contributed by atoms with Crippen molar-refractivity contribution in [2.45, 2.75) is 18.9 Å². The SMILES string of the molecule is N[C@H](c1c(F)cc(Br)cc1F)C1CCOCC1. The van der Waals surface area contributed by atoms with Crippen LogP contribution in [0.15, 0.2) is 16.6 Å². The Balaban J connectivity index is 2.26. The number of hydrogen-bond acceptors (Lipinski definition) is 2. The maximum atomic E-state index is 13.7. The van der Waals surface area contributed by atoms with Gasteiger partial charge in [0.1, 0.15) is 11.6 Å². The van der Waals surface area contributed by atoms with Crippen LogP contribution in [0, 0.1) is 17.6 Å². The van der Waals surface area contributed by atoms with Gasteiger partial charge in [-0.25, -0.2) is 8.78 Å². The first-order chi connectivity index (χ1) is 8.09. The van der Waals surface area contributed by atoms with Crippen LogP contribution in [0.5, 0.6) is 0 Å². The van der Waals surface area contributed by atoms with Crippen molar-refractivity contribution in [3.05, 3.63) is 33.8 Å². The summed E-state index contributed by atoms with van der Waals surface area (Å²) in [5.74, 6) is -1.10. The van der Waals surface area contributed by atoms with Crippen LogP contribution in [0.4, 0.5) is 8.78 Å². The zero-order chi connectivity index (χ0) is 12.4. The highest BCUT2D eigenvalue weighted by Crippen LogP contribution is 2.32. The molecule has 1 aliphatic heterocycles. The van der Waals surface area contributed by atoms with Crippen LogP contribution in [0.25, 0.3) is 0 Å². The standard InChI is InChI=1S/C12H14BrF2NO/c13-8-5-9(14)11(10(15)6-8)12(16)7-1-3-17-4-2-7/h5-7,12H,1-4,16H2/t12-/m0/s1. The van der Waals surface area contributed by atoms with Crippen LogP contribution in [0.1, 0.15) is 24.4 Å². The summed E-state index contributed by atoms with van der Waals surface area (Å²) in [6, 6.07) is 1.89. The van der Waals surface area contributed by atoms with Gasteiger partial charge < -0.3 is 10.5 Å². The number of ether oxygens (including phenoxy) is 1. The van der Waals surface area contributed by atoms with Gasteiger partial charge in [-0.1, -0.05) is 15.9 Å². The molecule has 0 aliphatic carbocycles. The highest BCUT2D eigenvalue weighted by Gasteiger charge is 2.27. The molecule has 0 radical (unpaired) electrons. The van der Waals surface area contributed by atoms with Gasteiger partial charge in [-0.15, -0.1) is 0 Å². The molecule has 17 heavy (non-hydrogen) atoms. The average Bonchev–Trinajstić information content (AvgIpc) is 2.28. The lowest BCUT2D eigenvalue weighted by molar-refractivity contribution is 0.0576. The summed E-state index contributed by atoms with van der Waals surface area (Å²) in [7, 11) is 0. The Morgan fingerprint density at radius 3 is 2.29 bits per heavy atom. The molecule has 0 unspecified atom stereocenters. The maximum absolute atomic E-state index is 13.7. The third-order valence-corrected chi connectivity index (χ3v) is 3.61. The minimum Gasteiger partial charge on any atom is -0.381 e. The molecular weight excluding hydrogens is 292 g/mol. The van der Waals surface area contributed by atoms with E-state index in [0.29, 0.717) is 17.7 Å². The Labute approximate surface area is 107 Å². The molecule has 0 aromatic heterocycles. The largest absolute Gasteiger partial charge is 0.381 e. The predicted molar refractivity (Wildman–Crippen MR) is 64.5 cm³/mol. The van der Waals surface area contributed by atoms with Crippen LogP contribution >= 0.6 is 15.9 Å². The first-order valence-electron chi connectivity index (χ1n) is 5.57. The van der Waals surface area contributed by atoms with Gasteiger partial charge in [-0.05, 0) is 30.9 Å². The summed E-state index contributed by atoms with van der Waals surface area (Å²) in [6.45, 7) is 1.22. The molecule has 1 aliphatic rings. The molecule has 1 aromatic rings. The monoisotopic (exact) mass is 305 g/mol. The molecule has 0 bridgehead atoms. The van der Waals surface area contributed by atoms with E-state index < -0.39 is 17.7 Å². The highest BCUT2D eigenvalue weighted by atomic mass is 79.9. The van der Waals surface area contributed by atoms with E-state index in [1.807, 2.05) is 0 Å².